The van der Waals surface area contributed by atoms with Crippen molar-refractivity contribution in [1.82, 2.24) is 15.1 Å². The number of aromatic carboxylic acids is 1. The number of hydrogen-bond donors (Lipinski definition) is 6. The summed E-state index contributed by atoms with van der Waals surface area (Å²) in [5.41, 5.74) is 4.85. The Hall–Kier alpha value is -2.87. The average Bonchev–Trinajstić information content (AvgIpc) is 3.50. The largest absolute Gasteiger partial charge is 0.507 e. The second-order valence-electron chi connectivity index (χ2n) is 9.42. The van der Waals surface area contributed by atoms with Gasteiger partial charge in [0.2, 0.25) is 11.8 Å². The topological polar surface area (TPSA) is 186 Å². The third-order valence-electron chi connectivity index (χ3n) is 6.19. The Kier molecular flexibility index (Phi) is 7.41. The predicted octanol–water partition coefficient (Wildman–Crippen LogP) is -1.59. The second kappa shape index (κ2) is 9.78. The normalized spacial score (nSPS) is 21.7. The molecule has 3 atom stereocenters. The molecule has 2 amide bonds. The van der Waals surface area contributed by atoms with Crippen LogP contribution in [0.5, 0.6) is 11.5 Å². The number of hydrogen-bond acceptors (Lipinski definition) is 9. The fourth-order valence-corrected chi connectivity index (χ4v) is 4.05. The van der Waals surface area contributed by atoms with Gasteiger partial charge in [-0.3, -0.25) is 14.5 Å². The second-order valence-corrected chi connectivity index (χ2v) is 9.42. The van der Waals surface area contributed by atoms with E-state index in [0.29, 0.717) is 25.1 Å². The number of rotatable bonds is 10. The number of phenols is 1. The molecule has 186 valence electrons. The van der Waals surface area contributed by atoms with Gasteiger partial charge in [0, 0.05) is 39.5 Å². The molecule has 1 aromatic rings. The van der Waals surface area contributed by atoms with Crippen LogP contribution in [0, 0.1) is 0 Å². The van der Waals surface area contributed by atoms with E-state index in [1.165, 1.54) is 17.0 Å². The van der Waals surface area contributed by atoms with E-state index < -0.39 is 36.1 Å². The van der Waals surface area contributed by atoms with Gasteiger partial charge < -0.3 is 40.9 Å². The molecule has 1 saturated carbocycles. The zero-order chi connectivity index (χ0) is 25.4. The number of likely N-dealkylation sites (tertiary alicyclic amines) is 1. The number of nitrogens with two attached hydrogens (primary N) is 1. The van der Waals surface area contributed by atoms with Gasteiger partial charge in [0.05, 0.1) is 6.54 Å². The highest BCUT2D eigenvalue weighted by molar-refractivity contribution is 6.44. The Labute approximate surface area is 197 Å². The van der Waals surface area contributed by atoms with Crippen molar-refractivity contribution in [3.8, 4) is 11.5 Å². The van der Waals surface area contributed by atoms with Crippen molar-refractivity contribution in [2.24, 2.45) is 5.73 Å². The van der Waals surface area contributed by atoms with E-state index in [1.807, 2.05) is 4.90 Å². The SMILES string of the molecule is CN(C)C(=O)CNC(=O)C(C)(N)CN1CC(Oc2ccc(C3CC3B(O)O)c(O)c2C(=O)O)C1. The first-order valence-electron chi connectivity index (χ1n) is 10.9. The molecule has 7 N–H and O–H groups in total. The summed E-state index contributed by atoms with van der Waals surface area (Å²) < 4.78 is 5.79. The summed E-state index contributed by atoms with van der Waals surface area (Å²) in [5.74, 6) is -3.27. The van der Waals surface area contributed by atoms with Crippen molar-refractivity contribution < 1.29 is 39.4 Å². The van der Waals surface area contributed by atoms with Crippen LogP contribution in [0.4, 0.5) is 0 Å². The number of ether oxygens (including phenoxy) is 1. The molecule has 1 aromatic carbocycles. The lowest BCUT2D eigenvalue weighted by Crippen LogP contribution is -2.64. The molecule has 34 heavy (non-hydrogen) atoms. The van der Waals surface area contributed by atoms with Crippen LogP contribution < -0.4 is 15.8 Å². The lowest BCUT2D eigenvalue weighted by Gasteiger charge is -2.42. The molecule has 1 aliphatic carbocycles. The number of benzene rings is 1. The molecule has 1 heterocycles. The lowest BCUT2D eigenvalue weighted by atomic mass is 9.81. The number of carboxylic acids is 1. The van der Waals surface area contributed by atoms with E-state index in [4.69, 9.17) is 10.5 Å². The van der Waals surface area contributed by atoms with E-state index in [0.717, 1.165) is 0 Å². The molecule has 1 aliphatic heterocycles. The molecule has 0 aromatic heterocycles. The third-order valence-corrected chi connectivity index (χ3v) is 6.19. The van der Waals surface area contributed by atoms with Gasteiger partial charge in [0.1, 0.15) is 28.7 Å². The fourth-order valence-electron chi connectivity index (χ4n) is 4.05. The Balaban J connectivity index is 1.56. The summed E-state index contributed by atoms with van der Waals surface area (Å²) in [4.78, 5) is 39.0. The number of nitrogens with zero attached hydrogens (tertiary/aromatic N) is 2. The molecule has 0 bridgehead atoms. The quantitative estimate of drug-likeness (QED) is 0.214. The fraction of sp³-hybridized carbons (Fsp3) is 0.571. The van der Waals surface area contributed by atoms with E-state index in [9.17, 15) is 34.6 Å². The predicted molar refractivity (Wildman–Crippen MR) is 122 cm³/mol. The third kappa shape index (κ3) is 5.61. The first-order chi connectivity index (χ1) is 15.8. The summed E-state index contributed by atoms with van der Waals surface area (Å²) >= 11 is 0. The number of amides is 2. The van der Waals surface area contributed by atoms with Gasteiger partial charge >= 0.3 is 13.1 Å². The molecule has 2 fully saturated rings. The van der Waals surface area contributed by atoms with Gasteiger partial charge in [-0.15, -0.1) is 0 Å². The number of carboxylic acid groups (broad SMARTS) is 1. The minimum Gasteiger partial charge on any atom is -0.507 e. The molecule has 3 unspecified atom stereocenters. The molecule has 1 saturated heterocycles. The maximum atomic E-state index is 12.4. The molecule has 3 rings (SSSR count). The number of carbonyl (C=O) groups excluding carboxylic acids is 2. The molecule has 12 nitrogen and oxygen atoms in total. The Morgan fingerprint density at radius 1 is 1.29 bits per heavy atom. The van der Waals surface area contributed by atoms with Crippen LogP contribution in [0.2, 0.25) is 5.82 Å². The molecule has 2 aliphatic rings. The minimum absolute atomic E-state index is 0.00981. The lowest BCUT2D eigenvalue weighted by molar-refractivity contribution is -0.133. The van der Waals surface area contributed by atoms with E-state index in [1.54, 1.807) is 21.0 Å². The van der Waals surface area contributed by atoms with Crippen LogP contribution in [0.25, 0.3) is 0 Å². The highest BCUT2D eigenvalue weighted by Crippen LogP contribution is 2.56. The first kappa shape index (κ1) is 25.8. The van der Waals surface area contributed by atoms with E-state index >= 15 is 0 Å². The average molecular weight is 478 g/mol. The minimum atomic E-state index is -1.53. The molecule has 13 heteroatoms. The van der Waals surface area contributed by atoms with Crippen LogP contribution in [-0.4, -0.2) is 107 Å². The summed E-state index contributed by atoms with van der Waals surface area (Å²) in [5, 5.41) is 41.3. The number of likely N-dealkylation sites (N-methyl/N-ethyl adjacent to an activating group) is 1. The summed E-state index contributed by atoms with van der Waals surface area (Å²) in [6.45, 7) is 2.39. The summed E-state index contributed by atoms with van der Waals surface area (Å²) in [7, 11) is 1.64. The molecular weight excluding hydrogens is 447 g/mol. The zero-order valence-corrected chi connectivity index (χ0v) is 19.4. The Morgan fingerprint density at radius 2 is 1.94 bits per heavy atom. The first-order valence-corrected chi connectivity index (χ1v) is 10.9. The molecule has 0 radical (unpaired) electrons. The van der Waals surface area contributed by atoms with E-state index in [2.05, 4.69) is 5.32 Å². The number of nitrogens with one attached hydrogen (secondary N) is 1. The van der Waals surface area contributed by atoms with Crippen LogP contribution in [-0.2, 0) is 9.59 Å². The van der Waals surface area contributed by atoms with Crippen LogP contribution in [0.15, 0.2) is 12.1 Å². The van der Waals surface area contributed by atoms with Crippen molar-refractivity contribution in [1.29, 1.82) is 0 Å². The number of aromatic hydroxyl groups is 1. The maximum Gasteiger partial charge on any atom is 0.455 e. The van der Waals surface area contributed by atoms with Crippen LogP contribution in [0.1, 0.15) is 35.2 Å². The number of carbonyl (C=O) groups is 3. The van der Waals surface area contributed by atoms with Crippen molar-refractivity contribution >= 4 is 24.9 Å². The van der Waals surface area contributed by atoms with Crippen molar-refractivity contribution in [3.63, 3.8) is 0 Å². The van der Waals surface area contributed by atoms with Gasteiger partial charge in [0.25, 0.3) is 0 Å². The molecule has 0 spiro atoms. The zero-order valence-electron chi connectivity index (χ0n) is 19.4. The smallest absolute Gasteiger partial charge is 0.455 e. The van der Waals surface area contributed by atoms with Crippen molar-refractivity contribution in [3.05, 3.63) is 23.3 Å². The van der Waals surface area contributed by atoms with Gasteiger partial charge in [-0.25, -0.2) is 4.79 Å². The summed E-state index contributed by atoms with van der Waals surface area (Å²) in [6, 6.07) is 3.00. The monoisotopic (exact) mass is 478 g/mol. The van der Waals surface area contributed by atoms with Gasteiger partial charge in [-0.1, -0.05) is 6.07 Å². The van der Waals surface area contributed by atoms with Crippen molar-refractivity contribution in [2.75, 3.05) is 40.3 Å². The summed E-state index contributed by atoms with van der Waals surface area (Å²) in [6.07, 6.45) is 0.0713. The van der Waals surface area contributed by atoms with Crippen LogP contribution >= 0.6 is 0 Å². The highest BCUT2D eigenvalue weighted by atomic mass is 16.5. The maximum absolute atomic E-state index is 12.4. The van der Waals surface area contributed by atoms with E-state index in [-0.39, 0.29) is 42.3 Å². The molecular formula is C21H31BN4O8. The standard InChI is InChI=1S/C21H31BN4O8/c1-21(23,20(31)24-7-16(27)25(2)3)10-26-8-11(9-26)34-15-5-4-12(13-6-14(13)22(32)33)18(28)17(15)19(29)30/h4-5,11,13-14,28,32-33H,6-10,23H2,1-3H3,(H,24,31)(H,29,30). The van der Waals surface area contributed by atoms with Gasteiger partial charge in [0.15, 0.2) is 0 Å². The Bertz CT molecular complexity index is 964. The van der Waals surface area contributed by atoms with Crippen LogP contribution in [0.3, 0.4) is 0 Å². The van der Waals surface area contributed by atoms with Gasteiger partial charge in [-0.05, 0) is 30.9 Å². The Morgan fingerprint density at radius 3 is 2.47 bits per heavy atom. The highest BCUT2D eigenvalue weighted by Gasteiger charge is 2.48. The van der Waals surface area contributed by atoms with Gasteiger partial charge in [-0.2, -0.15) is 0 Å². The van der Waals surface area contributed by atoms with Crippen molar-refractivity contribution in [2.45, 2.75) is 36.7 Å².